The van der Waals surface area contributed by atoms with Gasteiger partial charge in [0.2, 0.25) is 0 Å². The van der Waals surface area contributed by atoms with E-state index in [1.54, 1.807) is 22.9 Å². The predicted octanol–water partition coefficient (Wildman–Crippen LogP) is 3.89. The van der Waals surface area contributed by atoms with Crippen LogP contribution in [0.5, 0.6) is 5.75 Å². The van der Waals surface area contributed by atoms with Crippen molar-refractivity contribution in [1.82, 2.24) is 14.8 Å². The predicted molar refractivity (Wildman–Crippen MR) is 123 cm³/mol. The van der Waals surface area contributed by atoms with Crippen molar-refractivity contribution in [3.8, 4) is 5.75 Å². The Labute approximate surface area is 190 Å². The number of halogens is 1. The molecule has 2 fully saturated rings. The Balaban J connectivity index is 1.58. The van der Waals surface area contributed by atoms with Gasteiger partial charge < -0.3 is 10.1 Å². The molecular formula is C22H23ClN4O4S. The maximum atomic E-state index is 13.3. The topological polar surface area (TPSA) is 103 Å². The van der Waals surface area contributed by atoms with Crippen LogP contribution in [0, 0.1) is 6.92 Å². The normalized spacial score (nSPS) is 19.9. The lowest BCUT2D eigenvalue weighted by atomic mass is 10.1. The summed E-state index contributed by atoms with van der Waals surface area (Å²) >= 11 is 6.20. The van der Waals surface area contributed by atoms with Crippen molar-refractivity contribution >= 4 is 44.1 Å². The highest BCUT2D eigenvalue weighted by molar-refractivity contribution is 7.91. The minimum atomic E-state index is -3.08. The maximum absolute atomic E-state index is 13.3. The van der Waals surface area contributed by atoms with Gasteiger partial charge in [-0.25, -0.2) is 18.1 Å². The highest BCUT2D eigenvalue weighted by Crippen LogP contribution is 2.41. The second-order valence-corrected chi connectivity index (χ2v) is 11.1. The molecule has 1 amide bonds. The van der Waals surface area contributed by atoms with Crippen molar-refractivity contribution in [3.05, 3.63) is 46.2 Å². The quantitative estimate of drug-likeness (QED) is 0.601. The van der Waals surface area contributed by atoms with Crippen molar-refractivity contribution in [2.24, 2.45) is 0 Å². The number of nitrogens with zero attached hydrogens (tertiary/aromatic N) is 3. The number of hydrogen-bond acceptors (Lipinski definition) is 6. The van der Waals surface area contributed by atoms with Gasteiger partial charge in [0.1, 0.15) is 5.75 Å². The summed E-state index contributed by atoms with van der Waals surface area (Å²) in [7, 11) is -1.55. The highest BCUT2D eigenvalue weighted by Gasteiger charge is 2.34. The van der Waals surface area contributed by atoms with E-state index in [1.165, 1.54) is 7.11 Å². The van der Waals surface area contributed by atoms with Crippen molar-refractivity contribution < 1.29 is 17.9 Å². The molecule has 1 aromatic carbocycles. The molecule has 168 valence electrons. The third-order valence-electron chi connectivity index (χ3n) is 6.06. The molecule has 1 atom stereocenters. The largest absolute Gasteiger partial charge is 0.495 e. The molecule has 1 N–H and O–H groups in total. The van der Waals surface area contributed by atoms with Crippen LogP contribution in [0.15, 0.2) is 24.3 Å². The Bertz CT molecular complexity index is 1350. The number of carbonyl (C=O) groups is 1. The summed E-state index contributed by atoms with van der Waals surface area (Å²) in [6, 6.07) is 6.62. The van der Waals surface area contributed by atoms with E-state index in [4.69, 9.17) is 21.3 Å². The first-order valence-electron chi connectivity index (χ1n) is 10.5. The number of anilines is 1. The second-order valence-electron chi connectivity index (χ2n) is 8.46. The summed E-state index contributed by atoms with van der Waals surface area (Å²) in [6.07, 6.45) is 2.55. The van der Waals surface area contributed by atoms with E-state index in [-0.39, 0.29) is 23.5 Å². The number of carbonyl (C=O) groups excluding carboxylic acids is 1. The van der Waals surface area contributed by atoms with Crippen LogP contribution in [0.3, 0.4) is 0 Å². The number of sulfone groups is 1. The van der Waals surface area contributed by atoms with Crippen LogP contribution in [0.1, 0.15) is 53.0 Å². The molecule has 1 saturated carbocycles. The number of methoxy groups -OCH3 is 1. The number of aryl methyl sites for hydroxylation is 1. The average Bonchev–Trinajstić information content (AvgIpc) is 3.46. The lowest BCUT2D eigenvalue weighted by Gasteiger charge is -2.12. The van der Waals surface area contributed by atoms with E-state index in [9.17, 15) is 13.2 Å². The smallest absolute Gasteiger partial charge is 0.256 e. The first-order chi connectivity index (χ1) is 15.3. The van der Waals surface area contributed by atoms with Crippen LogP contribution < -0.4 is 10.1 Å². The molecule has 1 unspecified atom stereocenters. The molecule has 10 heteroatoms. The number of fused-ring (bicyclic) bond motifs is 1. The molecule has 0 spiro atoms. The van der Waals surface area contributed by atoms with E-state index in [0.29, 0.717) is 51.1 Å². The SMILES string of the molecule is COc1ccc(NC(=O)c2cc(C3CC3)nc3c2c(C)nn3C2CCS(=O)(=O)C2)cc1Cl. The summed E-state index contributed by atoms with van der Waals surface area (Å²) < 4.78 is 31.0. The monoisotopic (exact) mass is 474 g/mol. The van der Waals surface area contributed by atoms with Gasteiger partial charge in [0.25, 0.3) is 5.91 Å². The van der Waals surface area contributed by atoms with Gasteiger partial charge in [0, 0.05) is 17.3 Å². The summed E-state index contributed by atoms with van der Waals surface area (Å²) in [5.41, 5.74) is 3.10. The third-order valence-corrected chi connectivity index (χ3v) is 8.11. The molecule has 2 aliphatic rings. The van der Waals surface area contributed by atoms with E-state index >= 15 is 0 Å². The van der Waals surface area contributed by atoms with Crippen molar-refractivity contribution in [1.29, 1.82) is 0 Å². The summed E-state index contributed by atoms with van der Waals surface area (Å²) in [6.45, 7) is 1.82. The van der Waals surface area contributed by atoms with Gasteiger partial charge in [0.05, 0.1) is 46.3 Å². The molecule has 1 aliphatic heterocycles. The molecule has 3 heterocycles. The fraction of sp³-hybridized carbons (Fsp3) is 0.409. The van der Waals surface area contributed by atoms with Crippen LogP contribution >= 0.6 is 11.6 Å². The van der Waals surface area contributed by atoms with Gasteiger partial charge in [-0.2, -0.15) is 5.10 Å². The summed E-state index contributed by atoms with van der Waals surface area (Å²) in [4.78, 5) is 18.2. The lowest BCUT2D eigenvalue weighted by molar-refractivity contribution is 0.102. The van der Waals surface area contributed by atoms with E-state index < -0.39 is 9.84 Å². The molecular weight excluding hydrogens is 452 g/mol. The van der Waals surface area contributed by atoms with Crippen molar-refractivity contribution in [2.75, 3.05) is 23.9 Å². The Hall–Kier alpha value is -2.65. The number of hydrogen-bond donors (Lipinski definition) is 1. The van der Waals surface area contributed by atoms with Gasteiger partial charge in [-0.05, 0) is 50.5 Å². The molecule has 0 radical (unpaired) electrons. The zero-order valence-electron chi connectivity index (χ0n) is 17.8. The Morgan fingerprint density at radius 1 is 1.25 bits per heavy atom. The highest BCUT2D eigenvalue weighted by atomic mass is 35.5. The maximum Gasteiger partial charge on any atom is 0.256 e. The van der Waals surface area contributed by atoms with Crippen LogP contribution in [-0.2, 0) is 9.84 Å². The van der Waals surface area contributed by atoms with Crippen LogP contribution in [0.4, 0.5) is 5.69 Å². The Kier molecular flexibility index (Phi) is 5.13. The molecule has 1 aliphatic carbocycles. The molecule has 2 aromatic heterocycles. The van der Waals surface area contributed by atoms with Crippen LogP contribution in [0.25, 0.3) is 11.0 Å². The number of pyridine rings is 1. The number of aromatic nitrogens is 3. The summed E-state index contributed by atoms with van der Waals surface area (Å²) in [5, 5.41) is 8.57. The minimum absolute atomic E-state index is 0.0461. The number of rotatable bonds is 5. The molecule has 8 nitrogen and oxygen atoms in total. The molecule has 32 heavy (non-hydrogen) atoms. The number of amides is 1. The van der Waals surface area contributed by atoms with Crippen LogP contribution in [0.2, 0.25) is 5.02 Å². The van der Waals surface area contributed by atoms with Gasteiger partial charge in [-0.1, -0.05) is 11.6 Å². The zero-order chi connectivity index (χ0) is 22.6. The third kappa shape index (κ3) is 3.84. The fourth-order valence-electron chi connectivity index (χ4n) is 4.27. The second kappa shape index (κ2) is 7.74. The van der Waals surface area contributed by atoms with E-state index in [1.807, 2.05) is 13.0 Å². The standard InChI is InChI=1S/C22H23ClN4O4S/c1-12-20-16(22(28)24-14-5-6-19(31-2)17(23)9-14)10-18(13-3-4-13)25-21(20)27(26-12)15-7-8-32(29,30)11-15/h5-6,9-10,13,15H,3-4,7-8,11H2,1-2H3,(H,24,28). The lowest BCUT2D eigenvalue weighted by Crippen LogP contribution is -2.15. The summed E-state index contributed by atoms with van der Waals surface area (Å²) in [5.74, 6) is 0.742. The van der Waals surface area contributed by atoms with Gasteiger partial charge >= 0.3 is 0 Å². The van der Waals surface area contributed by atoms with Gasteiger partial charge in [-0.3, -0.25) is 4.79 Å². The molecule has 5 rings (SSSR count). The molecule has 0 bridgehead atoms. The first kappa shape index (κ1) is 21.2. The number of ether oxygens (including phenoxy) is 1. The fourth-order valence-corrected chi connectivity index (χ4v) is 6.21. The number of nitrogens with one attached hydrogen (secondary N) is 1. The average molecular weight is 475 g/mol. The minimum Gasteiger partial charge on any atom is -0.495 e. The zero-order valence-corrected chi connectivity index (χ0v) is 19.3. The molecule has 1 saturated heterocycles. The number of benzene rings is 1. The van der Waals surface area contributed by atoms with Gasteiger partial charge in [0.15, 0.2) is 15.5 Å². The Morgan fingerprint density at radius 3 is 2.66 bits per heavy atom. The van der Waals surface area contributed by atoms with E-state index in [0.717, 1.165) is 18.5 Å². The molecule has 3 aromatic rings. The van der Waals surface area contributed by atoms with Crippen molar-refractivity contribution in [3.63, 3.8) is 0 Å². The Morgan fingerprint density at radius 2 is 2.03 bits per heavy atom. The van der Waals surface area contributed by atoms with Crippen LogP contribution in [-0.4, -0.2) is 47.7 Å². The van der Waals surface area contributed by atoms with E-state index in [2.05, 4.69) is 10.4 Å². The first-order valence-corrected chi connectivity index (χ1v) is 12.7. The van der Waals surface area contributed by atoms with Gasteiger partial charge in [-0.15, -0.1) is 0 Å². The van der Waals surface area contributed by atoms with Crippen molar-refractivity contribution in [2.45, 2.75) is 38.1 Å².